The Balaban J connectivity index is 1.69. The monoisotopic (exact) mass is 356 g/mol. The molecule has 25 heavy (non-hydrogen) atoms. The van der Waals surface area contributed by atoms with Gasteiger partial charge in [-0.1, -0.05) is 58.3 Å². The van der Waals surface area contributed by atoms with Gasteiger partial charge in [-0.2, -0.15) is 0 Å². The maximum atomic E-state index is 13.1. The minimum atomic E-state index is -1.56. The summed E-state index contributed by atoms with van der Waals surface area (Å²) in [6.45, 7) is 2.21. The number of rotatable bonds is 8. The average molecular weight is 356 g/mol. The van der Waals surface area contributed by atoms with Gasteiger partial charge in [0.2, 0.25) is 0 Å². The van der Waals surface area contributed by atoms with Gasteiger partial charge in [0.15, 0.2) is 17.5 Å². The minimum Gasteiger partial charge on any atom is -0.426 e. The Morgan fingerprint density at radius 1 is 1.00 bits per heavy atom. The summed E-state index contributed by atoms with van der Waals surface area (Å²) in [6, 6.07) is 1.38. The van der Waals surface area contributed by atoms with Crippen molar-refractivity contribution >= 4 is 5.97 Å². The Bertz CT molecular complexity index is 543. The van der Waals surface area contributed by atoms with Gasteiger partial charge in [0.1, 0.15) is 5.75 Å². The van der Waals surface area contributed by atoms with Gasteiger partial charge in [0, 0.05) is 18.6 Å². The summed E-state index contributed by atoms with van der Waals surface area (Å²) < 4.78 is 44.0. The van der Waals surface area contributed by atoms with E-state index in [0.29, 0.717) is 18.1 Å². The van der Waals surface area contributed by atoms with Crippen molar-refractivity contribution in [3.63, 3.8) is 0 Å². The van der Waals surface area contributed by atoms with Crippen LogP contribution in [0.2, 0.25) is 0 Å². The number of benzene rings is 1. The molecule has 0 unspecified atom stereocenters. The van der Waals surface area contributed by atoms with Crippen LogP contribution in [0.25, 0.3) is 0 Å². The number of ether oxygens (including phenoxy) is 1. The van der Waals surface area contributed by atoms with Crippen LogP contribution in [0.4, 0.5) is 13.2 Å². The Morgan fingerprint density at radius 3 is 2.12 bits per heavy atom. The molecule has 0 spiro atoms. The Kier molecular flexibility index (Phi) is 7.79. The van der Waals surface area contributed by atoms with Crippen LogP contribution < -0.4 is 4.74 Å². The molecule has 0 atom stereocenters. The number of hydrogen-bond acceptors (Lipinski definition) is 2. The van der Waals surface area contributed by atoms with Gasteiger partial charge in [-0.25, -0.2) is 13.2 Å². The third-order valence-electron chi connectivity index (χ3n) is 5.13. The van der Waals surface area contributed by atoms with Gasteiger partial charge in [-0.3, -0.25) is 4.79 Å². The van der Waals surface area contributed by atoms with E-state index in [2.05, 4.69) is 6.92 Å². The fourth-order valence-electron chi connectivity index (χ4n) is 3.59. The molecule has 0 amide bonds. The second kappa shape index (κ2) is 9.83. The van der Waals surface area contributed by atoms with E-state index in [9.17, 15) is 18.0 Å². The lowest BCUT2D eigenvalue weighted by atomic mass is 9.78. The molecule has 0 aliphatic heterocycles. The minimum absolute atomic E-state index is 0.214. The molecule has 0 bridgehead atoms. The summed E-state index contributed by atoms with van der Waals surface area (Å²) in [5.74, 6) is -3.77. The van der Waals surface area contributed by atoms with E-state index < -0.39 is 23.4 Å². The van der Waals surface area contributed by atoms with Crippen molar-refractivity contribution in [2.24, 2.45) is 11.8 Å². The maximum Gasteiger partial charge on any atom is 0.311 e. The van der Waals surface area contributed by atoms with Crippen molar-refractivity contribution in [3.05, 3.63) is 29.6 Å². The molecule has 140 valence electrons. The van der Waals surface area contributed by atoms with Crippen LogP contribution in [-0.4, -0.2) is 5.97 Å². The first-order valence-electron chi connectivity index (χ1n) is 9.34. The molecule has 2 nitrogen and oxygen atoms in total. The third kappa shape index (κ3) is 6.37. The lowest BCUT2D eigenvalue weighted by molar-refractivity contribution is -0.134. The molecule has 5 heteroatoms. The SMILES string of the molecule is CCCCCC1CCC(CCC(=O)Oc2cc(F)c(F)c(F)c2)CC1. The van der Waals surface area contributed by atoms with Crippen LogP contribution in [0.3, 0.4) is 0 Å². The molecule has 1 aromatic rings. The largest absolute Gasteiger partial charge is 0.426 e. The lowest BCUT2D eigenvalue weighted by Crippen LogP contribution is -2.17. The molecule has 0 radical (unpaired) electrons. The zero-order chi connectivity index (χ0) is 18.2. The molecule has 1 aliphatic rings. The number of unbranched alkanes of at least 4 members (excludes halogenated alkanes) is 2. The van der Waals surface area contributed by atoms with Gasteiger partial charge in [-0.05, 0) is 18.3 Å². The van der Waals surface area contributed by atoms with E-state index >= 15 is 0 Å². The molecule has 2 rings (SSSR count). The van der Waals surface area contributed by atoms with Gasteiger partial charge in [0.05, 0.1) is 0 Å². The van der Waals surface area contributed by atoms with Crippen LogP contribution >= 0.6 is 0 Å². The summed E-state index contributed by atoms with van der Waals surface area (Å²) in [4.78, 5) is 11.8. The van der Waals surface area contributed by atoms with Crippen LogP contribution in [0.5, 0.6) is 5.75 Å². The summed E-state index contributed by atoms with van der Waals surface area (Å²) in [6.07, 6.45) is 10.8. The summed E-state index contributed by atoms with van der Waals surface area (Å²) in [7, 11) is 0. The number of halogens is 3. The molecule has 0 aromatic heterocycles. The van der Waals surface area contributed by atoms with Crippen molar-refractivity contribution in [1.29, 1.82) is 0 Å². The van der Waals surface area contributed by atoms with E-state index in [1.54, 1.807) is 0 Å². The Hall–Kier alpha value is -1.52. The van der Waals surface area contributed by atoms with Crippen molar-refractivity contribution in [2.75, 3.05) is 0 Å². The first kappa shape index (κ1) is 19.8. The van der Waals surface area contributed by atoms with Gasteiger partial charge in [-0.15, -0.1) is 0 Å². The second-order valence-corrected chi connectivity index (χ2v) is 7.10. The zero-order valence-corrected chi connectivity index (χ0v) is 14.8. The highest BCUT2D eigenvalue weighted by Gasteiger charge is 2.22. The number of carbonyl (C=O) groups is 1. The van der Waals surface area contributed by atoms with Crippen molar-refractivity contribution < 1.29 is 22.7 Å². The van der Waals surface area contributed by atoms with Crippen molar-refractivity contribution in [3.8, 4) is 5.75 Å². The summed E-state index contributed by atoms with van der Waals surface area (Å²) in [5.41, 5.74) is 0. The molecule has 1 aliphatic carbocycles. The van der Waals surface area contributed by atoms with E-state index in [1.165, 1.54) is 38.5 Å². The molecule has 0 N–H and O–H groups in total. The standard InChI is InChI=1S/C20H27F3O2/c1-2-3-4-5-14-6-8-15(9-7-14)10-11-19(24)25-16-12-17(21)20(23)18(22)13-16/h12-15H,2-11H2,1H3. The maximum absolute atomic E-state index is 13.1. The lowest BCUT2D eigenvalue weighted by Gasteiger charge is -2.28. The van der Waals surface area contributed by atoms with E-state index in [0.717, 1.165) is 25.2 Å². The average Bonchev–Trinajstić information content (AvgIpc) is 2.59. The fourth-order valence-corrected chi connectivity index (χ4v) is 3.59. The molecular weight excluding hydrogens is 329 g/mol. The summed E-state index contributed by atoms with van der Waals surface area (Å²) >= 11 is 0. The highest BCUT2D eigenvalue weighted by molar-refractivity contribution is 5.72. The van der Waals surface area contributed by atoms with Gasteiger partial charge >= 0.3 is 5.97 Å². The van der Waals surface area contributed by atoms with Gasteiger partial charge < -0.3 is 4.74 Å². The smallest absolute Gasteiger partial charge is 0.311 e. The number of carbonyl (C=O) groups excluding carboxylic acids is 1. The molecule has 1 aromatic carbocycles. The third-order valence-corrected chi connectivity index (χ3v) is 5.13. The van der Waals surface area contributed by atoms with Crippen LogP contribution in [0.15, 0.2) is 12.1 Å². The predicted molar refractivity (Wildman–Crippen MR) is 90.8 cm³/mol. The Labute approximate surface area is 147 Å². The molecule has 0 heterocycles. The quantitative estimate of drug-likeness (QED) is 0.241. The fraction of sp³-hybridized carbons (Fsp3) is 0.650. The molecular formula is C20H27F3O2. The Morgan fingerprint density at radius 2 is 1.56 bits per heavy atom. The van der Waals surface area contributed by atoms with Gasteiger partial charge in [0.25, 0.3) is 0 Å². The molecule has 0 saturated heterocycles. The highest BCUT2D eigenvalue weighted by atomic mass is 19.2. The van der Waals surface area contributed by atoms with Crippen molar-refractivity contribution in [2.45, 2.75) is 71.1 Å². The van der Waals surface area contributed by atoms with Crippen LogP contribution in [-0.2, 0) is 4.79 Å². The van der Waals surface area contributed by atoms with Crippen LogP contribution in [0, 0.1) is 29.3 Å². The van der Waals surface area contributed by atoms with Crippen LogP contribution in [0.1, 0.15) is 71.1 Å². The van der Waals surface area contributed by atoms with E-state index in [4.69, 9.17) is 4.74 Å². The number of esters is 1. The zero-order valence-electron chi connectivity index (χ0n) is 14.8. The summed E-state index contributed by atoms with van der Waals surface area (Å²) in [5, 5.41) is 0. The van der Waals surface area contributed by atoms with Crippen molar-refractivity contribution in [1.82, 2.24) is 0 Å². The molecule has 1 fully saturated rings. The molecule has 1 saturated carbocycles. The normalized spacial score (nSPS) is 20.5. The highest BCUT2D eigenvalue weighted by Crippen LogP contribution is 2.34. The first-order chi connectivity index (χ1) is 12.0. The van der Waals surface area contributed by atoms with E-state index in [1.807, 2.05) is 0 Å². The first-order valence-corrected chi connectivity index (χ1v) is 9.34. The number of hydrogen-bond donors (Lipinski definition) is 0. The van der Waals surface area contributed by atoms with E-state index in [-0.39, 0.29) is 12.2 Å². The second-order valence-electron chi connectivity index (χ2n) is 7.10. The topological polar surface area (TPSA) is 26.3 Å². The predicted octanol–water partition coefficient (Wildman–Crippen LogP) is 6.18.